The highest BCUT2D eigenvalue weighted by molar-refractivity contribution is 7.47. The van der Waals surface area contributed by atoms with Crippen LogP contribution in [-0.2, 0) is 13.6 Å². The fraction of sp³-hybridized carbons (Fsp3) is 1.00. The second kappa shape index (κ2) is 15.2. The molecule has 0 aromatic carbocycles. The van der Waals surface area contributed by atoms with Gasteiger partial charge >= 0.3 is 7.82 Å². The lowest BCUT2D eigenvalue weighted by molar-refractivity contribution is 0.0611. The second-order valence-corrected chi connectivity index (χ2v) is 9.48. The first-order valence-corrected chi connectivity index (χ1v) is 11.9. The van der Waals surface area contributed by atoms with Crippen LogP contribution in [0.1, 0.15) is 118 Å². The monoisotopic (exact) mass is 378 g/mol. The molecule has 0 aliphatic rings. The summed E-state index contributed by atoms with van der Waals surface area (Å²) >= 11 is 0. The molecule has 0 heterocycles. The molecule has 0 amide bonds. The van der Waals surface area contributed by atoms with Crippen LogP contribution in [0.2, 0.25) is 0 Å². The number of unbranched alkanes of at least 4 members (excludes halogenated alkanes) is 13. The van der Waals surface area contributed by atoms with Crippen LogP contribution < -0.4 is 0 Å². The van der Waals surface area contributed by atoms with Gasteiger partial charge in [-0.15, -0.1) is 0 Å². The molecular weight excluding hydrogens is 335 g/mol. The molecule has 0 bridgehead atoms. The first kappa shape index (κ1) is 25.1. The summed E-state index contributed by atoms with van der Waals surface area (Å²) in [4.78, 5) is 9.57. The lowest BCUT2D eigenvalue weighted by Crippen LogP contribution is -2.18. The molecule has 0 radical (unpaired) electrons. The number of phosphoric ester groups is 1. The normalized spacial score (nSPS) is 14.6. The van der Waals surface area contributed by atoms with Gasteiger partial charge in [-0.1, -0.05) is 90.4 Å². The molecule has 0 fully saturated rings. The summed E-state index contributed by atoms with van der Waals surface area (Å²) in [6.07, 6.45) is 18.1. The van der Waals surface area contributed by atoms with E-state index in [4.69, 9.17) is 9.05 Å². The third-order valence-corrected chi connectivity index (χ3v) is 5.43. The van der Waals surface area contributed by atoms with Gasteiger partial charge in [-0.25, -0.2) is 4.57 Å². The van der Waals surface area contributed by atoms with Gasteiger partial charge in [0.1, 0.15) is 0 Å². The maximum absolute atomic E-state index is 11.7. The Morgan fingerprint density at radius 1 is 0.720 bits per heavy atom. The minimum atomic E-state index is -3.90. The van der Waals surface area contributed by atoms with Crippen molar-refractivity contribution in [2.45, 2.75) is 123 Å². The van der Waals surface area contributed by atoms with E-state index in [1.807, 2.05) is 0 Å². The predicted octanol–water partition coefficient (Wildman–Crippen LogP) is 7.40. The number of phosphoric acid groups is 1. The third-order valence-electron chi connectivity index (χ3n) is 4.14. The van der Waals surface area contributed by atoms with Gasteiger partial charge in [0.15, 0.2) is 0 Å². The van der Waals surface area contributed by atoms with Gasteiger partial charge in [0, 0.05) is 0 Å². The molecule has 0 aromatic heterocycles. The summed E-state index contributed by atoms with van der Waals surface area (Å²) in [6.45, 7) is 7.78. The molecule has 1 unspecified atom stereocenters. The quantitative estimate of drug-likeness (QED) is 0.212. The lowest BCUT2D eigenvalue weighted by Gasteiger charge is -2.22. The van der Waals surface area contributed by atoms with E-state index in [-0.39, 0.29) is 0 Å². The SMILES string of the molecule is CCCCCCCCCCCCCCCCOP(=O)(O)OC(C)(C)C. The molecule has 4 nitrogen and oxygen atoms in total. The summed E-state index contributed by atoms with van der Waals surface area (Å²) in [7, 11) is -3.90. The van der Waals surface area contributed by atoms with Crippen LogP contribution in [0.15, 0.2) is 0 Å². The maximum Gasteiger partial charge on any atom is 0.472 e. The Kier molecular flexibility index (Phi) is 15.3. The summed E-state index contributed by atoms with van der Waals surface area (Å²) < 4.78 is 21.7. The zero-order valence-corrected chi connectivity index (χ0v) is 18.1. The second-order valence-electron chi connectivity index (χ2n) is 8.10. The molecule has 0 saturated carbocycles. The standard InChI is InChI=1S/C20H43O4P/c1-5-6-7-8-9-10-11-12-13-14-15-16-17-18-19-23-25(21,22)24-20(2,3)4/h5-19H2,1-4H3,(H,21,22). The molecule has 152 valence electrons. The molecule has 1 atom stereocenters. The molecule has 25 heavy (non-hydrogen) atoms. The van der Waals surface area contributed by atoms with E-state index in [1.165, 1.54) is 77.0 Å². The Labute approximate surface area is 156 Å². The van der Waals surface area contributed by atoms with Gasteiger partial charge in [-0.3, -0.25) is 9.05 Å². The highest BCUT2D eigenvalue weighted by atomic mass is 31.2. The average Bonchev–Trinajstić information content (AvgIpc) is 2.48. The molecule has 0 spiro atoms. The summed E-state index contributed by atoms with van der Waals surface area (Å²) in [5.74, 6) is 0. The maximum atomic E-state index is 11.7. The van der Waals surface area contributed by atoms with Crippen molar-refractivity contribution in [1.29, 1.82) is 0 Å². The molecule has 1 N–H and O–H groups in total. The van der Waals surface area contributed by atoms with Crippen LogP contribution >= 0.6 is 7.82 Å². The van der Waals surface area contributed by atoms with Crippen LogP contribution in [0.25, 0.3) is 0 Å². The summed E-state index contributed by atoms with van der Waals surface area (Å²) in [5.41, 5.74) is -0.667. The van der Waals surface area contributed by atoms with Crippen molar-refractivity contribution < 1.29 is 18.5 Å². The van der Waals surface area contributed by atoms with E-state index in [2.05, 4.69) is 6.92 Å². The molecule has 0 aromatic rings. The van der Waals surface area contributed by atoms with Gasteiger partial charge in [-0.05, 0) is 27.2 Å². The van der Waals surface area contributed by atoms with Crippen molar-refractivity contribution in [3.8, 4) is 0 Å². The van der Waals surface area contributed by atoms with Crippen molar-refractivity contribution in [2.75, 3.05) is 6.61 Å². The summed E-state index contributed by atoms with van der Waals surface area (Å²) in [5, 5.41) is 0. The van der Waals surface area contributed by atoms with Gasteiger partial charge in [0.2, 0.25) is 0 Å². The third kappa shape index (κ3) is 20.3. The van der Waals surface area contributed by atoms with Crippen LogP contribution in [0.4, 0.5) is 0 Å². The van der Waals surface area contributed by atoms with Crippen LogP contribution in [0, 0.1) is 0 Å². The zero-order chi connectivity index (χ0) is 19.0. The number of hydrogen-bond acceptors (Lipinski definition) is 3. The highest BCUT2D eigenvalue weighted by Gasteiger charge is 2.28. The van der Waals surface area contributed by atoms with Crippen molar-refractivity contribution in [3.05, 3.63) is 0 Å². The Morgan fingerprint density at radius 3 is 1.44 bits per heavy atom. The van der Waals surface area contributed by atoms with Crippen LogP contribution in [-0.4, -0.2) is 17.1 Å². The lowest BCUT2D eigenvalue weighted by atomic mass is 10.0. The first-order valence-electron chi connectivity index (χ1n) is 10.4. The van der Waals surface area contributed by atoms with E-state index >= 15 is 0 Å². The molecule has 0 aliphatic heterocycles. The Morgan fingerprint density at radius 2 is 1.08 bits per heavy atom. The Bertz CT molecular complexity index is 339. The minimum absolute atomic E-state index is 0.294. The van der Waals surface area contributed by atoms with E-state index in [0.717, 1.165) is 12.8 Å². The van der Waals surface area contributed by atoms with Gasteiger partial charge in [0.25, 0.3) is 0 Å². The number of hydrogen-bond donors (Lipinski definition) is 1. The molecule has 5 heteroatoms. The topological polar surface area (TPSA) is 55.8 Å². The van der Waals surface area contributed by atoms with Crippen molar-refractivity contribution in [3.63, 3.8) is 0 Å². The fourth-order valence-corrected chi connectivity index (χ4v) is 3.95. The van der Waals surface area contributed by atoms with E-state index in [0.29, 0.717) is 6.61 Å². The fourth-order valence-electron chi connectivity index (χ4n) is 2.85. The van der Waals surface area contributed by atoms with Crippen LogP contribution in [0.3, 0.4) is 0 Å². The van der Waals surface area contributed by atoms with E-state index < -0.39 is 13.4 Å². The Hall–Kier alpha value is 0.110. The molecular formula is C20H43O4P. The van der Waals surface area contributed by atoms with Crippen molar-refractivity contribution >= 4 is 7.82 Å². The van der Waals surface area contributed by atoms with Crippen LogP contribution in [0.5, 0.6) is 0 Å². The minimum Gasteiger partial charge on any atom is -0.302 e. The molecule has 0 saturated heterocycles. The predicted molar refractivity (Wildman–Crippen MR) is 107 cm³/mol. The van der Waals surface area contributed by atoms with Gasteiger partial charge in [0.05, 0.1) is 12.2 Å². The summed E-state index contributed by atoms with van der Waals surface area (Å²) in [6, 6.07) is 0. The zero-order valence-electron chi connectivity index (χ0n) is 17.2. The Balaban J connectivity index is 3.28. The van der Waals surface area contributed by atoms with Crippen molar-refractivity contribution in [2.24, 2.45) is 0 Å². The largest absolute Gasteiger partial charge is 0.472 e. The van der Waals surface area contributed by atoms with E-state index in [9.17, 15) is 9.46 Å². The van der Waals surface area contributed by atoms with Gasteiger partial charge in [-0.2, -0.15) is 0 Å². The molecule has 0 rings (SSSR count). The number of rotatable bonds is 17. The van der Waals surface area contributed by atoms with Crippen molar-refractivity contribution in [1.82, 2.24) is 0 Å². The first-order chi connectivity index (χ1) is 11.8. The highest BCUT2D eigenvalue weighted by Crippen LogP contribution is 2.47. The molecule has 0 aliphatic carbocycles. The average molecular weight is 379 g/mol. The smallest absolute Gasteiger partial charge is 0.302 e. The van der Waals surface area contributed by atoms with Gasteiger partial charge < -0.3 is 4.89 Å². The van der Waals surface area contributed by atoms with E-state index in [1.54, 1.807) is 20.8 Å².